The summed E-state index contributed by atoms with van der Waals surface area (Å²) < 4.78 is 282. The summed E-state index contributed by atoms with van der Waals surface area (Å²) >= 11 is 0. The molecule has 0 aromatic heterocycles. The Morgan fingerprint density at radius 3 is 0.544 bits per heavy atom. The predicted octanol–water partition coefficient (Wildman–Crippen LogP) is 15.1. The van der Waals surface area contributed by atoms with Crippen molar-refractivity contribution in [2.24, 2.45) is 17.8 Å². The van der Waals surface area contributed by atoms with Crippen molar-refractivity contribution in [3.05, 3.63) is 0 Å². The van der Waals surface area contributed by atoms with Crippen LogP contribution in [0.2, 0.25) is 0 Å². The molecule has 9 aliphatic heterocycles. The zero-order valence-electron chi connectivity index (χ0n) is 87.5. The van der Waals surface area contributed by atoms with Crippen LogP contribution in [0.1, 0.15) is 236 Å². The van der Waals surface area contributed by atoms with Gasteiger partial charge in [-0.3, -0.25) is 87.3 Å². The van der Waals surface area contributed by atoms with E-state index in [9.17, 15) is 122 Å². The first kappa shape index (κ1) is 133. The molecule has 0 bridgehead atoms. The highest BCUT2D eigenvalue weighted by Gasteiger charge is 2.43. The van der Waals surface area contributed by atoms with Gasteiger partial charge in [0.1, 0.15) is 0 Å². The fourth-order valence-electron chi connectivity index (χ4n) is 17.9. The number of likely N-dealkylation sites (tertiary alicyclic amines) is 6. The van der Waals surface area contributed by atoms with Crippen LogP contribution in [0.4, 0.5) is 79.0 Å². The van der Waals surface area contributed by atoms with Crippen molar-refractivity contribution >= 4 is 53.7 Å². The molecule has 30 nitrogen and oxygen atoms in total. The van der Waals surface area contributed by atoms with E-state index in [0.717, 1.165) is 282 Å². The Morgan fingerprint density at radius 2 is 0.347 bits per heavy atom. The zero-order chi connectivity index (χ0) is 110. The molecule has 0 amide bonds. The Morgan fingerprint density at radius 1 is 0.197 bits per heavy atom. The third kappa shape index (κ3) is 67.6. The van der Waals surface area contributed by atoms with Gasteiger partial charge in [0.2, 0.25) is 0 Å². The SMILES string of the molecule is CC(F)(F)COC(=O)C1CCCCC1N1CCCC1.CC(F)(F)COC(=O)C1CCCCC1N1CCCCC1.CC(F)(F)COC(=O)C1CCCCC1N1CCOCC1.CC(F)(F)COC(=O)CN1CCCC1.CC(F)(F)COC(=O)CN1CCCC1.CC(F)(F)COC(=O)CN1CCCCC1.CC(F)(F)COC(=O)CN1CCCCC1.CC(F)(F)COC(=O)CN1CCOCC1.CC(F)(F)COC(=O)CN1CCOCC1. The molecule has 0 spiro atoms. The van der Waals surface area contributed by atoms with Gasteiger partial charge in [0, 0.05) is 120 Å². The Bertz CT molecular complexity index is 3370. The van der Waals surface area contributed by atoms with E-state index in [1.54, 1.807) is 0 Å². The molecule has 48 heteroatoms. The maximum atomic E-state index is 12.8. The molecule has 9 heterocycles. The van der Waals surface area contributed by atoms with E-state index in [4.69, 9.17) is 28.4 Å². The van der Waals surface area contributed by atoms with Crippen LogP contribution >= 0.6 is 0 Å². The summed E-state index contributed by atoms with van der Waals surface area (Å²) in [5.74, 6) is -32.0. The molecular weight excluding hydrogens is 1990 g/mol. The summed E-state index contributed by atoms with van der Waals surface area (Å²) in [6.45, 7) is 18.7. The highest BCUT2D eigenvalue weighted by molar-refractivity contribution is 5.76. The lowest BCUT2D eigenvalue weighted by molar-refractivity contribution is -0.163. The number of esters is 9. The fraction of sp³-hybridized carbons (Fsp3) is 0.909. The number of hydrogen-bond acceptors (Lipinski definition) is 30. The van der Waals surface area contributed by atoms with E-state index in [-0.39, 0.29) is 75.1 Å². The minimum absolute atomic E-state index is 0.0550. The summed E-state index contributed by atoms with van der Waals surface area (Å²) in [5.41, 5.74) is 0. The number of ether oxygens (including phenoxy) is 12. The lowest BCUT2D eigenvalue weighted by Gasteiger charge is -2.40. The van der Waals surface area contributed by atoms with Crippen molar-refractivity contribution in [3.8, 4) is 0 Å². The van der Waals surface area contributed by atoms with Crippen LogP contribution < -0.4 is 0 Å². The number of hydrogen-bond donors (Lipinski definition) is 0. The van der Waals surface area contributed by atoms with Crippen molar-refractivity contribution in [3.63, 3.8) is 0 Å². The van der Waals surface area contributed by atoms with Gasteiger partial charge in [-0.1, -0.05) is 57.8 Å². The van der Waals surface area contributed by atoms with Gasteiger partial charge in [0.25, 0.3) is 53.3 Å². The molecule has 147 heavy (non-hydrogen) atoms. The molecule has 12 fully saturated rings. The largest absolute Gasteiger partial charge is 0.459 e. The first-order chi connectivity index (χ1) is 68.7. The van der Waals surface area contributed by atoms with E-state index in [1.807, 2.05) is 29.4 Å². The molecule has 12 aliphatic rings. The minimum atomic E-state index is -2.96. The van der Waals surface area contributed by atoms with Crippen LogP contribution in [-0.2, 0) is 100.0 Å². The third-order valence-corrected chi connectivity index (χ3v) is 25.0. The minimum Gasteiger partial charge on any atom is -0.459 e. The summed E-state index contributed by atoms with van der Waals surface area (Å²) in [5, 5.41) is 0. The lowest BCUT2D eigenvalue weighted by atomic mass is 9.82. The molecule has 3 aliphatic carbocycles. The molecule has 0 aromatic rings. The molecule has 6 unspecified atom stereocenters. The van der Waals surface area contributed by atoms with Crippen molar-refractivity contribution in [1.29, 1.82) is 0 Å². The molecular formula is C99H165F18N9O21. The number of carbonyl (C=O) groups excluding carboxylic acids is 9. The average molecular weight is 2160 g/mol. The van der Waals surface area contributed by atoms with E-state index >= 15 is 0 Å². The second-order valence-corrected chi connectivity index (χ2v) is 40.7. The smallest absolute Gasteiger partial charge is 0.320 e. The molecule has 0 N–H and O–H groups in total. The van der Waals surface area contributed by atoms with Gasteiger partial charge in [-0.15, -0.1) is 0 Å². The summed E-state index contributed by atoms with van der Waals surface area (Å²) in [4.78, 5) is 121. The van der Waals surface area contributed by atoms with E-state index in [1.165, 1.54) is 44.9 Å². The number of nitrogens with zero attached hydrogens (tertiary/aromatic N) is 9. The van der Waals surface area contributed by atoms with E-state index in [2.05, 4.69) is 43.1 Å². The lowest BCUT2D eigenvalue weighted by Crippen LogP contribution is -2.50. The van der Waals surface area contributed by atoms with Gasteiger partial charge < -0.3 is 56.8 Å². The van der Waals surface area contributed by atoms with Crippen LogP contribution in [0.25, 0.3) is 0 Å². The fourth-order valence-corrected chi connectivity index (χ4v) is 17.9. The van der Waals surface area contributed by atoms with Crippen molar-refractivity contribution in [2.45, 2.75) is 307 Å². The maximum Gasteiger partial charge on any atom is 0.320 e. The molecule has 3 saturated carbocycles. The Labute approximate surface area is 854 Å². The van der Waals surface area contributed by atoms with Crippen molar-refractivity contribution in [2.75, 3.05) is 256 Å². The maximum absolute atomic E-state index is 12.8. The highest BCUT2D eigenvalue weighted by atomic mass is 19.3. The topological polar surface area (TPSA) is 294 Å². The normalized spacial score (nSPS) is 23.0. The summed E-state index contributed by atoms with van der Waals surface area (Å²) in [7, 11) is 0. The van der Waals surface area contributed by atoms with Gasteiger partial charge >= 0.3 is 53.7 Å². The Hall–Kier alpha value is -6.51. The van der Waals surface area contributed by atoms with Gasteiger partial charge in [0.15, 0.2) is 59.5 Å². The molecule has 9 saturated heterocycles. The second kappa shape index (κ2) is 68.6. The zero-order valence-corrected chi connectivity index (χ0v) is 87.5. The summed E-state index contributed by atoms with van der Waals surface area (Å²) in [6, 6.07) is 0.516. The number of rotatable bonds is 36. The molecule has 0 radical (unpaired) electrons. The van der Waals surface area contributed by atoms with Crippen LogP contribution in [-0.4, -0.2) is 425 Å². The predicted molar refractivity (Wildman–Crippen MR) is 507 cm³/mol. The number of alkyl halides is 18. The summed E-state index contributed by atoms with van der Waals surface area (Å²) in [6.07, 6.45) is 28.3. The van der Waals surface area contributed by atoms with Gasteiger partial charge in [0.05, 0.1) is 96.7 Å². The number of halogens is 18. The Balaban J connectivity index is 0.000000346. The number of morpholine rings is 3. The van der Waals surface area contributed by atoms with Crippen LogP contribution in [0.3, 0.4) is 0 Å². The van der Waals surface area contributed by atoms with Gasteiger partial charge in [-0.05, 0) is 194 Å². The van der Waals surface area contributed by atoms with Crippen LogP contribution in [0.15, 0.2) is 0 Å². The molecule has 858 valence electrons. The molecule has 0 aromatic carbocycles. The molecule has 6 atom stereocenters. The van der Waals surface area contributed by atoms with Gasteiger partial charge in [-0.25, -0.2) is 79.0 Å². The van der Waals surface area contributed by atoms with Crippen LogP contribution in [0, 0.1) is 17.8 Å². The quantitative estimate of drug-likeness (QED) is 0.0320. The second-order valence-electron chi connectivity index (χ2n) is 40.7. The first-order valence-electron chi connectivity index (χ1n) is 51.9. The number of carbonyl (C=O) groups is 9. The highest BCUT2D eigenvalue weighted by Crippen LogP contribution is 2.36. The number of piperidine rings is 3. The van der Waals surface area contributed by atoms with Crippen molar-refractivity contribution < 1.29 is 179 Å². The standard InChI is InChI=1S/C15H25F2NO2.C14H23F2NO3.C14H23F2NO2.2C10H17F2NO2.2C9H15F2NO3.2C9H15F2NO2/c1-15(16,17)11-20-14(19)12-7-3-4-8-13(12)18-9-5-2-6-10-18;1-14(15,16)10-20-13(18)11-4-2-3-5-12(11)17-6-8-19-9-7-17;1-14(15,16)10-19-13(18)11-6-2-3-7-12(11)17-8-4-5-9-17;2*1-10(11,12)8-15-9(14)7-13-5-3-2-4-6-13;2*1-9(10,11)7-15-8(13)6-12-2-4-14-5-3-12;2*1-9(10,11)7-14-8(13)6-12-4-2-3-5-12/h12-13H,2-11H2,1H3;11-12H,2-10H2,1H3;11-12H,2-10H2,1H3;2*2-8H2,1H3;2*2-7H2,1H3;2*2-7H2,1H3. The monoisotopic (exact) mass is 2160 g/mol. The van der Waals surface area contributed by atoms with Gasteiger partial charge in [-0.2, -0.15) is 0 Å². The first-order valence-corrected chi connectivity index (χ1v) is 51.9. The Kier molecular flexibility index (Phi) is 62.0. The molecule has 12 rings (SSSR count). The van der Waals surface area contributed by atoms with Crippen molar-refractivity contribution in [1.82, 2.24) is 44.1 Å². The van der Waals surface area contributed by atoms with E-state index < -0.39 is 166 Å². The average Bonchev–Trinajstić information content (AvgIpc) is 1.82. The third-order valence-electron chi connectivity index (χ3n) is 25.0. The van der Waals surface area contributed by atoms with E-state index in [0.29, 0.717) is 65.8 Å². The van der Waals surface area contributed by atoms with Crippen LogP contribution in [0.5, 0.6) is 0 Å².